The van der Waals surface area contributed by atoms with Gasteiger partial charge in [-0.1, -0.05) is 30.9 Å². The highest BCUT2D eigenvalue weighted by Gasteiger charge is 2.48. The first kappa shape index (κ1) is 21.0. The maximum atomic E-state index is 10.1. The molecule has 3 heterocycles. The summed E-state index contributed by atoms with van der Waals surface area (Å²) in [6.45, 7) is 6.43. The van der Waals surface area contributed by atoms with Gasteiger partial charge >= 0.3 is 0 Å². The van der Waals surface area contributed by atoms with Gasteiger partial charge in [0.2, 0.25) is 0 Å². The van der Waals surface area contributed by atoms with Gasteiger partial charge in [0.1, 0.15) is 6.33 Å². The summed E-state index contributed by atoms with van der Waals surface area (Å²) in [4.78, 5) is 13.4. The van der Waals surface area contributed by atoms with Crippen molar-refractivity contribution in [1.29, 1.82) is 0 Å². The Hall–Kier alpha value is -2.26. The predicted molar refractivity (Wildman–Crippen MR) is 119 cm³/mol. The molecule has 0 saturated carbocycles. The third kappa shape index (κ3) is 4.73. The van der Waals surface area contributed by atoms with Crippen LogP contribution in [-0.4, -0.2) is 63.2 Å². The molecule has 5 heteroatoms. The fourth-order valence-electron chi connectivity index (χ4n) is 4.90. The number of aliphatic hydroxyl groups is 1. The van der Waals surface area contributed by atoms with Crippen molar-refractivity contribution in [3.05, 3.63) is 59.7 Å². The zero-order valence-electron chi connectivity index (χ0n) is 17.9. The zero-order chi connectivity index (χ0) is 20.8. The third-order valence-electron chi connectivity index (χ3n) is 6.38. The first-order chi connectivity index (χ1) is 14.8. The van der Waals surface area contributed by atoms with Crippen molar-refractivity contribution in [2.75, 3.05) is 26.2 Å². The highest BCUT2D eigenvalue weighted by molar-refractivity contribution is 5.39. The molecule has 1 N–H and O–H groups in total. The van der Waals surface area contributed by atoms with Crippen LogP contribution < -0.4 is 0 Å². The van der Waals surface area contributed by atoms with Gasteiger partial charge in [-0.05, 0) is 50.0 Å². The Morgan fingerprint density at radius 3 is 2.60 bits per heavy atom. The summed E-state index contributed by atoms with van der Waals surface area (Å²) in [6, 6.07) is 9.36. The normalized spacial score (nSPS) is 24.7. The molecule has 4 rings (SSSR count). The fraction of sp³-hybridized carbons (Fsp3) is 0.520. The van der Waals surface area contributed by atoms with E-state index in [0.717, 1.165) is 50.1 Å². The highest BCUT2D eigenvalue weighted by Crippen LogP contribution is 2.42. The number of fused-ring (bicyclic) bond motifs is 1. The summed E-state index contributed by atoms with van der Waals surface area (Å²) < 4.78 is 0. The van der Waals surface area contributed by atoms with Crippen LogP contribution in [0.2, 0.25) is 0 Å². The molecule has 0 aliphatic carbocycles. The van der Waals surface area contributed by atoms with Crippen LogP contribution in [0.25, 0.3) is 0 Å². The maximum Gasteiger partial charge on any atom is 0.115 e. The van der Waals surface area contributed by atoms with Crippen LogP contribution in [0.3, 0.4) is 0 Å². The van der Waals surface area contributed by atoms with Gasteiger partial charge in [-0.2, -0.15) is 0 Å². The second kappa shape index (κ2) is 10.2. The molecular formula is C25H32N4O. The lowest BCUT2D eigenvalue weighted by molar-refractivity contribution is -0.0655. The van der Waals surface area contributed by atoms with E-state index in [9.17, 15) is 5.11 Å². The zero-order valence-corrected chi connectivity index (χ0v) is 17.9. The number of nitrogens with zero attached hydrogens (tertiary/aromatic N) is 4. The van der Waals surface area contributed by atoms with Crippen molar-refractivity contribution < 1.29 is 5.11 Å². The molecule has 0 amide bonds. The van der Waals surface area contributed by atoms with Crippen molar-refractivity contribution in [1.82, 2.24) is 19.8 Å². The van der Waals surface area contributed by atoms with Gasteiger partial charge in [0.05, 0.1) is 6.61 Å². The summed E-state index contributed by atoms with van der Waals surface area (Å²) in [5.74, 6) is 6.84. The topological polar surface area (TPSA) is 52.5 Å². The average molecular weight is 405 g/mol. The van der Waals surface area contributed by atoms with E-state index in [1.54, 1.807) is 6.33 Å². The van der Waals surface area contributed by atoms with Gasteiger partial charge in [0, 0.05) is 61.0 Å². The van der Waals surface area contributed by atoms with E-state index < -0.39 is 0 Å². The Labute approximate surface area is 180 Å². The number of hydrogen-bond acceptors (Lipinski definition) is 5. The van der Waals surface area contributed by atoms with Crippen molar-refractivity contribution in [2.45, 2.75) is 57.2 Å². The van der Waals surface area contributed by atoms with Gasteiger partial charge in [-0.15, -0.1) is 0 Å². The smallest absolute Gasteiger partial charge is 0.115 e. The lowest BCUT2D eigenvalue weighted by Crippen LogP contribution is -2.67. The van der Waals surface area contributed by atoms with E-state index in [0.29, 0.717) is 12.0 Å². The maximum absolute atomic E-state index is 10.1. The Bertz CT molecular complexity index is 858. The number of aliphatic hydroxyl groups excluding tert-OH is 1. The molecule has 1 aromatic heterocycles. The molecule has 2 aliphatic rings. The Morgan fingerprint density at radius 1 is 1.10 bits per heavy atom. The lowest BCUT2D eigenvalue weighted by atomic mass is 9.74. The molecule has 2 aromatic rings. The van der Waals surface area contributed by atoms with Crippen LogP contribution >= 0.6 is 0 Å². The molecule has 0 radical (unpaired) electrons. The minimum absolute atomic E-state index is 0.214. The first-order valence-electron chi connectivity index (χ1n) is 11.2. The van der Waals surface area contributed by atoms with Crippen LogP contribution in [-0.2, 0) is 6.54 Å². The second-order valence-corrected chi connectivity index (χ2v) is 8.44. The van der Waals surface area contributed by atoms with E-state index in [4.69, 9.17) is 0 Å². The third-order valence-corrected chi connectivity index (χ3v) is 6.38. The van der Waals surface area contributed by atoms with Gasteiger partial charge < -0.3 is 5.11 Å². The molecular weight excluding hydrogens is 372 g/mol. The molecule has 3 atom stereocenters. The van der Waals surface area contributed by atoms with Gasteiger partial charge in [-0.25, -0.2) is 9.97 Å². The van der Waals surface area contributed by atoms with E-state index in [1.807, 2.05) is 12.4 Å². The quantitative estimate of drug-likeness (QED) is 0.777. The number of aromatic nitrogens is 2. The minimum Gasteiger partial charge on any atom is -0.395 e. The van der Waals surface area contributed by atoms with Crippen LogP contribution in [0.1, 0.15) is 55.2 Å². The molecule has 1 aromatic carbocycles. The molecule has 158 valence electrons. The summed E-state index contributed by atoms with van der Waals surface area (Å²) in [6.07, 6.45) is 9.80. The predicted octanol–water partition coefficient (Wildman–Crippen LogP) is 3.05. The largest absolute Gasteiger partial charge is 0.395 e. The van der Waals surface area contributed by atoms with E-state index in [-0.39, 0.29) is 12.6 Å². The molecule has 5 nitrogen and oxygen atoms in total. The molecule has 2 fully saturated rings. The molecule has 0 unspecified atom stereocenters. The molecule has 2 saturated heterocycles. The number of unbranched alkanes of at least 4 members (excludes halogenated alkanes) is 1. The standard InChI is InChI=1S/C25H32N4O/c1-2-3-4-7-20-8-10-22(11-9-20)25-23-17-28(16-21-14-26-19-27-15-21)12-5-6-13-29(23)24(25)18-30/h8-11,14-15,19,23-25,30H,2-3,5-6,12-13,16-18H2,1H3/t23-,24-,25-/m1/s1. The summed E-state index contributed by atoms with van der Waals surface area (Å²) in [5.41, 5.74) is 3.56. The lowest BCUT2D eigenvalue weighted by Gasteiger charge is -2.57. The number of hydrogen-bond donors (Lipinski definition) is 1. The highest BCUT2D eigenvalue weighted by atomic mass is 16.3. The molecule has 0 bridgehead atoms. The number of benzene rings is 1. The second-order valence-electron chi connectivity index (χ2n) is 8.44. The fourth-order valence-corrected chi connectivity index (χ4v) is 4.90. The van der Waals surface area contributed by atoms with Gasteiger partial charge in [0.25, 0.3) is 0 Å². The van der Waals surface area contributed by atoms with E-state index in [2.05, 4.69) is 62.8 Å². The summed E-state index contributed by atoms with van der Waals surface area (Å²) in [5, 5.41) is 10.1. The van der Waals surface area contributed by atoms with Crippen molar-refractivity contribution in [2.24, 2.45) is 0 Å². The van der Waals surface area contributed by atoms with Crippen molar-refractivity contribution in [3.63, 3.8) is 0 Å². The first-order valence-corrected chi connectivity index (χ1v) is 11.2. The van der Waals surface area contributed by atoms with E-state index in [1.165, 1.54) is 18.4 Å². The molecule has 2 aliphatic heterocycles. The monoisotopic (exact) mass is 404 g/mol. The van der Waals surface area contributed by atoms with Crippen LogP contribution in [0.15, 0.2) is 43.0 Å². The minimum atomic E-state index is 0.214. The van der Waals surface area contributed by atoms with Gasteiger partial charge in [-0.3, -0.25) is 9.80 Å². The van der Waals surface area contributed by atoms with Crippen LogP contribution in [0.5, 0.6) is 0 Å². The molecule has 30 heavy (non-hydrogen) atoms. The van der Waals surface area contributed by atoms with Crippen molar-refractivity contribution >= 4 is 0 Å². The van der Waals surface area contributed by atoms with E-state index >= 15 is 0 Å². The summed E-state index contributed by atoms with van der Waals surface area (Å²) >= 11 is 0. The Morgan fingerprint density at radius 2 is 1.87 bits per heavy atom. The average Bonchev–Trinajstić information content (AvgIpc) is 2.76. The van der Waals surface area contributed by atoms with Crippen LogP contribution in [0, 0.1) is 11.8 Å². The number of rotatable bonds is 5. The molecule has 0 spiro atoms. The van der Waals surface area contributed by atoms with Gasteiger partial charge in [0.15, 0.2) is 0 Å². The van der Waals surface area contributed by atoms with Crippen molar-refractivity contribution in [3.8, 4) is 11.8 Å². The summed E-state index contributed by atoms with van der Waals surface area (Å²) in [7, 11) is 0. The Kier molecular flexibility index (Phi) is 7.11. The SMILES string of the molecule is CCCC#Cc1ccc([C@H]2[C@@H](CO)N3CCCCN(Cc4cncnc4)C[C@H]23)cc1. The van der Waals surface area contributed by atoms with Crippen LogP contribution in [0.4, 0.5) is 0 Å². The Balaban J connectivity index is 1.50.